The standard InChI is InChI=1S/C11H13Cl2NO/c1-2-3-4-5-15-8-9-7-14-11(13)6-10(9)12/h2,6-7H,1,3-5,8H2. The zero-order chi connectivity index (χ0) is 11.1. The highest BCUT2D eigenvalue weighted by atomic mass is 35.5. The fourth-order valence-corrected chi connectivity index (χ4v) is 1.47. The highest BCUT2D eigenvalue weighted by molar-refractivity contribution is 6.34. The number of hydrogen-bond donors (Lipinski definition) is 0. The number of halogens is 2. The van der Waals surface area contributed by atoms with Crippen molar-refractivity contribution < 1.29 is 4.74 Å². The summed E-state index contributed by atoms with van der Waals surface area (Å²) < 4.78 is 5.43. The molecule has 0 aliphatic rings. The molecule has 0 saturated heterocycles. The highest BCUT2D eigenvalue weighted by Gasteiger charge is 2.01. The van der Waals surface area contributed by atoms with Gasteiger partial charge in [-0.25, -0.2) is 4.98 Å². The molecule has 1 heterocycles. The molecule has 0 N–H and O–H groups in total. The van der Waals surface area contributed by atoms with Crippen molar-refractivity contribution in [2.24, 2.45) is 0 Å². The average molecular weight is 246 g/mol. The first-order valence-corrected chi connectivity index (χ1v) is 5.48. The molecule has 82 valence electrons. The number of nitrogens with zero attached hydrogens (tertiary/aromatic N) is 1. The number of hydrogen-bond acceptors (Lipinski definition) is 2. The minimum Gasteiger partial charge on any atom is -0.377 e. The van der Waals surface area contributed by atoms with E-state index < -0.39 is 0 Å². The first-order chi connectivity index (χ1) is 7.24. The Morgan fingerprint density at radius 2 is 2.27 bits per heavy atom. The molecular formula is C11H13Cl2NO. The van der Waals surface area contributed by atoms with E-state index in [4.69, 9.17) is 27.9 Å². The summed E-state index contributed by atoms with van der Waals surface area (Å²) in [5.74, 6) is 0. The molecule has 0 spiro atoms. The van der Waals surface area contributed by atoms with E-state index in [2.05, 4.69) is 11.6 Å². The summed E-state index contributed by atoms with van der Waals surface area (Å²) in [5.41, 5.74) is 0.861. The maximum atomic E-state index is 5.95. The van der Waals surface area contributed by atoms with E-state index in [1.807, 2.05) is 6.08 Å². The van der Waals surface area contributed by atoms with Crippen molar-refractivity contribution in [3.05, 3.63) is 40.7 Å². The number of pyridine rings is 1. The number of rotatable bonds is 6. The van der Waals surface area contributed by atoms with Crippen LogP contribution in [0.2, 0.25) is 10.2 Å². The molecule has 0 amide bonds. The molecule has 15 heavy (non-hydrogen) atoms. The highest BCUT2D eigenvalue weighted by Crippen LogP contribution is 2.19. The van der Waals surface area contributed by atoms with E-state index in [1.54, 1.807) is 12.3 Å². The van der Waals surface area contributed by atoms with Gasteiger partial charge < -0.3 is 4.74 Å². The van der Waals surface area contributed by atoms with E-state index >= 15 is 0 Å². The molecule has 0 saturated carbocycles. The second kappa shape index (κ2) is 6.83. The van der Waals surface area contributed by atoms with Crippen LogP contribution in [-0.2, 0) is 11.3 Å². The summed E-state index contributed by atoms with van der Waals surface area (Å²) in [6, 6.07) is 1.62. The number of ether oxygens (including phenoxy) is 1. The first-order valence-electron chi connectivity index (χ1n) is 4.72. The van der Waals surface area contributed by atoms with Gasteiger partial charge in [0, 0.05) is 18.4 Å². The first kappa shape index (κ1) is 12.5. The van der Waals surface area contributed by atoms with Crippen molar-refractivity contribution in [2.75, 3.05) is 6.61 Å². The van der Waals surface area contributed by atoms with Crippen molar-refractivity contribution in [1.29, 1.82) is 0 Å². The molecule has 0 aliphatic carbocycles. The maximum absolute atomic E-state index is 5.95. The third-order valence-electron chi connectivity index (χ3n) is 1.85. The van der Waals surface area contributed by atoms with Crippen molar-refractivity contribution in [3.63, 3.8) is 0 Å². The average Bonchev–Trinajstić information content (AvgIpc) is 2.20. The van der Waals surface area contributed by atoms with Gasteiger partial charge in [0.15, 0.2) is 0 Å². The fraction of sp³-hybridized carbons (Fsp3) is 0.364. The van der Waals surface area contributed by atoms with Crippen LogP contribution in [0.3, 0.4) is 0 Å². The zero-order valence-electron chi connectivity index (χ0n) is 8.38. The third kappa shape index (κ3) is 4.65. The Hall–Kier alpha value is -0.570. The molecule has 0 fully saturated rings. The Labute approximate surface area is 99.9 Å². The lowest BCUT2D eigenvalue weighted by Crippen LogP contribution is -1.96. The minimum absolute atomic E-state index is 0.399. The SMILES string of the molecule is C=CCCCOCc1cnc(Cl)cc1Cl. The van der Waals surface area contributed by atoms with Gasteiger partial charge in [0.25, 0.3) is 0 Å². The summed E-state index contributed by atoms with van der Waals surface area (Å²) in [4.78, 5) is 3.94. The maximum Gasteiger partial charge on any atom is 0.130 e. The van der Waals surface area contributed by atoms with Crippen molar-refractivity contribution in [1.82, 2.24) is 4.98 Å². The smallest absolute Gasteiger partial charge is 0.130 e. The number of allylic oxidation sites excluding steroid dienone is 1. The Morgan fingerprint density at radius 3 is 2.93 bits per heavy atom. The molecule has 2 nitrogen and oxygen atoms in total. The summed E-state index contributed by atoms with van der Waals surface area (Å²) in [6.45, 7) is 4.81. The second-order valence-corrected chi connectivity index (χ2v) is 3.88. The van der Waals surface area contributed by atoms with E-state index in [9.17, 15) is 0 Å². The predicted octanol–water partition coefficient (Wildman–Crippen LogP) is 3.87. The van der Waals surface area contributed by atoms with Gasteiger partial charge in [-0.1, -0.05) is 29.3 Å². The molecule has 0 aromatic carbocycles. The molecule has 4 heteroatoms. The number of unbranched alkanes of at least 4 members (excludes halogenated alkanes) is 1. The molecule has 0 atom stereocenters. The molecule has 1 aromatic heterocycles. The summed E-state index contributed by atoms with van der Waals surface area (Å²) >= 11 is 11.6. The van der Waals surface area contributed by atoms with Crippen LogP contribution >= 0.6 is 23.2 Å². The molecule has 1 aromatic rings. The van der Waals surface area contributed by atoms with Crippen LogP contribution in [-0.4, -0.2) is 11.6 Å². The lowest BCUT2D eigenvalue weighted by molar-refractivity contribution is 0.119. The molecule has 1 rings (SSSR count). The van der Waals surface area contributed by atoms with Crippen LogP contribution in [0.25, 0.3) is 0 Å². The lowest BCUT2D eigenvalue weighted by Gasteiger charge is -2.05. The molecule has 0 unspecified atom stereocenters. The second-order valence-electron chi connectivity index (χ2n) is 3.08. The van der Waals surface area contributed by atoms with Crippen molar-refractivity contribution in [3.8, 4) is 0 Å². The van der Waals surface area contributed by atoms with Crippen molar-refractivity contribution >= 4 is 23.2 Å². The largest absolute Gasteiger partial charge is 0.377 e. The predicted molar refractivity (Wildman–Crippen MR) is 63.3 cm³/mol. The Morgan fingerprint density at radius 1 is 1.47 bits per heavy atom. The molecule has 0 radical (unpaired) electrons. The Balaban J connectivity index is 2.34. The van der Waals surface area contributed by atoms with E-state index in [0.717, 1.165) is 18.4 Å². The van der Waals surface area contributed by atoms with Gasteiger partial charge in [0.2, 0.25) is 0 Å². The lowest BCUT2D eigenvalue weighted by atomic mass is 10.3. The van der Waals surface area contributed by atoms with Gasteiger partial charge in [-0.2, -0.15) is 0 Å². The number of aromatic nitrogens is 1. The summed E-state index contributed by atoms with van der Waals surface area (Å²) in [7, 11) is 0. The van der Waals surface area contributed by atoms with Crippen molar-refractivity contribution in [2.45, 2.75) is 19.4 Å². The Bertz CT molecular complexity index is 328. The monoisotopic (exact) mass is 245 g/mol. The molecular weight excluding hydrogens is 233 g/mol. The summed E-state index contributed by atoms with van der Waals surface area (Å²) in [5, 5.41) is 0.995. The van der Waals surface area contributed by atoms with Crippen LogP contribution in [0.5, 0.6) is 0 Å². The van der Waals surface area contributed by atoms with Gasteiger partial charge in [-0.15, -0.1) is 6.58 Å². The van der Waals surface area contributed by atoms with E-state index in [0.29, 0.717) is 23.4 Å². The minimum atomic E-state index is 0.399. The van der Waals surface area contributed by atoms with Gasteiger partial charge >= 0.3 is 0 Å². The van der Waals surface area contributed by atoms with E-state index in [1.165, 1.54) is 0 Å². The van der Waals surface area contributed by atoms with Gasteiger partial charge in [0.05, 0.1) is 11.6 Å². The summed E-state index contributed by atoms with van der Waals surface area (Å²) in [6.07, 6.45) is 5.45. The van der Waals surface area contributed by atoms with Crippen LogP contribution in [0.4, 0.5) is 0 Å². The quantitative estimate of drug-likeness (QED) is 0.431. The van der Waals surface area contributed by atoms with Gasteiger partial charge in [0.1, 0.15) is 5.15 Å². The Kier molecular flexibility index (Phi) is 5.69. The third-order valence-corrected chi connectivity index (χ3v) is 2.41. The normalized spacial score (nSPS) is 10.3. The van der Waals surface area contributed by atoms with Gasteiger partial charge in [-0.3, -0.25) is 0 Å². The molecule has 0 bridgehead atoms. The van der Waals surface area contributed by atoms with Crippen LogP contribution in [0.1, 0.15) is 18.4 Å². The zero-order valence-corrected chi connectivity index (χ0v) is 9.89. The van der Waals surface area contributed by atoms with Crippen LogP contribution in [0, 0.1) is 0 Å². The molecule has 0 aliphatic heterocycles. The fourth-order valence-electron chi connectivity index (χ4n) is 1.05. The topological polar surface area (TPSA) is 22.1 Å². The van der Waals surface area contributed by atoms with Gasteiger partial charge in [-0.05, 0) is 18.9 Å². The van der Waals surface area contributed by atoms with Crippen LogP contribution < -0.4 is 0 Å². The van der Waals surface area contributed by atoms with Crippen LogP contribution in [0.15, 0.2) is 24.9 Å². The van der Waals surface area contributed by atoms with E-state index in [-0.39, 0.29) is 0 Å².